The van der Waals surface area contributed by atoms with Crippen molar-refractivity contribution in [1.29, 1.82) is 0 Å². The Morgan fingerprint density at radius 3 is 2.73 bits per heavy atom. The number of rotatable bonds is 10. The lowest BCUT2D eigenvalue weighted by atomic mass is 9.83. The predicted octanol–water partition coefficient (Wildman–Crippen LogP) is 0.286. The minimum atomic E-state index is -1.30. The number of aromatic nitrogens is 4. The Morgan fingerprint density at radius 2 is 2.04 bits per heavy atom. The summed E-state index contributed by atoms with van der Waals surface area (Å²) in [5, 5.41) is 32.4. The van der Waals surface area contributed by atoms with Crippen molar-refractivity contribution in [3.8, 4) is 0 Å². The molecule has 0 bridgehead atoms. The van der Waals surface area contributed by atoms with Crippen LogP contribution in [-0.2, 0) is 17.9 Å². The van der Waals surface area contributed by atoms with E-state index in [-0.39, 0.29) is 12.5 Å². The average Bonchev–Trinajstić information content (AvgIpc) is 3.06. The Labute approximate surface area is 156 Å². The molecular formula is C15H22BClN6O3. The number of hydrogen-bond donors (Lipinski definition) is 4. The Morgan fingerprint density at radius 1 is 1.31 bits per heavy atom. The fourth-order valence-corrected chi connectivity index (χ4v) is 2.53. The highest BCUT2D eigenvalue weighted by Crippen LogP contribution is 2.15. The summed E-state index contributed by atoms with van der Waals surface area (Å²) in [5.41, 5.74) is 7.01. The first-order valence-corrected chi connectivity index (χ1v) is 8.72. The molecule has 1 aromatic heterocycles. The molecule has 0 saturated carbocycles. The van der Waals surface area contributed by atoms with Crippen LogP contribution in [0.15, 0.2) is 24.3 Å². The van der Waals surface area contributed by atoms with Gasteiger partial charge in [-0.1, -0.05) is 36.6 Å². The van der Waals surface area contributed by atoms with Crippen LogP contribution in [-0.4, -0.2) is 43.3 Å². The zero-order valence-electron chi connectivity index (χ0n) is 14.3. The molecule has 1 heterocycles. The first-order valence-electron chi connectivity index (χ1n) is 8.34. The lowest BCUT2D eigenvalue weighted by Gasteiger charge is -2.12. The molecule has 0 fully saturated rings. The van der Waals surface area contributed by atoms with Gasteiger partial charge in [0.1, 0.15) is 6.54 Å². The Kier molecular flexibility index (Phi) is 7.98. The topological polar surface area (TPSA) is 139 Å². The number of nitrogens with zero attached hydrogens (tertiary/aromatic N) is 4. The minimum absolute atomic E-state index is 0.0288. The van der Waals surface area contributed by atoms with E-state index in [0.717, 1.165) is 5.56 Å². The van der Waals surface area contributed by atoms with Gasteiger partial charge in [0.05, 0.1) is 6.04 Å². The molecule has 0 saturated heterocycles. The molecule has 0 aliphatic heterocycles. The van der Waals surface area contributed by atoms with E-state index in [1.165, 1.54) is 4.68 Å². The Hall–Kier alpha value is -2.01. The first kappa shape index (κ1) is 20.3. The summed E-state index contributed by atoms with van der Waals surface area (Å²) >= 11 is 5.83. The average molecular weight is 381 g/mol. The van der Waals surface area contributed by atoms with Gasteiger partial charge in [-0.3, -0.25) is 4.79 Å². The zero-order valence-corrected chi connectivity index (χ0v) is 15.0. The van der Waals surface area contributed by atoms with Gasteiger partial charge in [0.2, 0.25) is 5.91 Å². The number of carbonyl (C=O) groups is 1. The van der Waals surface area contributed by atoms with Crippen molar-refractivity contribution in [2.45, 2.75) is 44.7 Å². The van der Waals surface area contributed by atoms with Crippen molar-refractivity contribution < 1.29 is 14.8 Å². The van der Waals surface area contributed by atoms with E-state index >= 15 is 0 Å². The van der Waals surface area contributed by atoms with Gasteiger partial charge in [0.25, 0.3) is 0 Å². The quantitative estimate of drug-likeness (QED) is 0.343. The third-order valence-corrected chi connectivity index (χ3v) is 4.07. The molecule has 0 spiro atoms. The highest BCUT2D eigenvalue weighted by molar-refractivity contribution is 6.40. The first-order chi connectivity index (χ1) is 12.5. The van der Waals surface area contributed by atoms with Gasteiger partial charge < -0.3 is 21.1 Å². The molecule has 5 N–H and O–H groups in total. The molecule has 0 aliphatic rings. The largest absolute Gasteiger partial charge is 0.451 e. The molecule has 140 valence electrons. The maximum atomic E-state index is 12.1. The van der Waals surface area contributed by atoms with E-state index in [1.54, 1.807) is 12.1 Å². The van der Waals surface area contributed by atoms with Gasteiger partial charge in [0, 0.05) is 11.6 Å². The van der Waals surface area contributed by atoms with Crippen LogP contribution in [0.1, 0.15) is 36.7 Å². The second-order valence-corrected chi connectivity index (χ2v) is 6.41. The summed E-state index contributed by atoms with van der Waals surface area (Å²) in [4.78, 5) is 12.1. The van der Waals surface area contributed by atoms with Crippen molar-refractivity contribution in [3.05, 3.63) is 40.7 Å². The second kappa shape index (κ2) is 10.2. The molecule has 11 heteroatoms. The molecule has 26 heavy (non-hydrogen) atoms. The summed E-state index contributed by atoms with van der Waals surface area (Å²) in [6.07, 6.45) is 2.22. The maximum Gasteiger partial charge on any atom is 0.451 e. The van der Waals surface area contributed by atoms with Gasteiger partial charge in [-0.2, -0.15) is 0 Å². The lowest BCUT2D eigenvalue weighted by Crippen LogP contribution is -2.29. The van der Waals surface area contributed by atoms with Crippen LogP contribution in [0, 0.1) is 0 Å². The van der Waals surface area contributed by atoms with Crippen molar-refractivity contribution in [2.24, 2.45) is 5.73 Å². The van der Waals surface area contributed by atoms with E-state index < -0.39 is 13.2 Å². The molecule has 9 nitrogen and oxygen atoms in total. The number of unbranched alkanes of at least 4 members (excludes halogenated alkanes) is 1. The summed E-state index contributed by atoms with van der Waals surface area (Å²) in [6.45, 7) is 0.349. The van der Waals surface area contributed by atoms with Gasteiger partial charge in [0.15, 0.2) is 5.82 Å². The molecular weight excluding hydrogens is 358 g/mol. The van der Waals surface area contributed by atoms with E-state index in [9.17, 15) is 4.79 Å². The lowest BCUT2D eigenvalue weighted by molar-refractivity contribution is -0.122. The normalized spacial score (nSPS) is 12.0. The summed E-state index contributed by atoms with van der Waals surface area (Å²) in [7, 11) is -1.30. The number of nitrogens with one attached hydrogen (secondary N) is 1. The SMILES string of the molecule is N[C@H](CCCCB(O)O)c1nnnn1CC(=O)NCc1ccc(Cl)cc1. The highest BCUT2D eigenvalue weighted by Gasteiger charge is 2.17. The number of hydrogen-bond acceptors (Lipinski definition) is 7. The zero-order chi connectivity index (χ0) is 18.9. The molecule has 0 aliphatic carbocycles. The van der Waals surface area contributed by atoms with Gasteiger partial charge in [-0.15, -0.1) is 5.10 Å². The fourth-order valence-electron chi connectivity index (χ4n) is 2.40. The van der Waals surface area contributed by atoms with Gasteiger partial charge in [-0.05, 0) is 40.9 Å². The molecule has 0 radical (unpaired) electrons. The molecule has 1 aromatic carbocycles. The third kappa shape index (κ3) is 6.72. The molecule has 2 aromatic rings. The number of carbonyl (C=O) groups excluding carboxylic acids is 1. The van der Waals surface area contributed by atoms with Crippen molar-refractivity contribution in [2.75, 3.05) is 0 Å². The van der Waals surface area contributed by atoms with Crippen LogP contribution in [0.2, 0.25) is 11.3 Å². The number of nitrogens with two attached hydrogens (primary N) is 1. The number of halogens is 1. The predicted molar refractivity (Wildman–Crippen MR) is 96.9 cm³/mol. The summed E-state index contributed by atoms with van der Waals surface area (Å²) in [6, 6.07) is 6.77. The highest BCUT2D eigenvalue weighted by atomic mass is 35.5. The summed E-state index contributed by atoms with van der Waals surface area (Å²) < 4.78 is 1.38. The Balaban J connectivity index is 1.81. The number of tetrazole rings is 1. The minimum Gasteiger partial charge on any atom is -0.427 e. The molecule has 1 amide bonds. The van der Waals surface area contributed by atoms with Crippen LogP contribution in [0.5, 0.6) is 0 Å². The van der Waals surface area contributed by atoms with Crippen LogP contribution in [0.3, 0.4) is 0 Å². The van der Waals surface area contributed by atoms with Crippen molar-refractivity contribution in [3.63, 3.8) is 0 Å². The van der Waals surface area contributed by atoms with Crippen LogP contribution < -0.4 is 11.1 Å². The molecule has 0 unspecified atom stereocenters. The fraction of sp³-hybridized carbons (Fsp3) is 0.467. The number of benzene rings is 1. The Bertz CT molecular complexity index is 697. The van der Waals surface area contributed by atoms with Crippen LogP contribution >= 0.6 is 11.6 Å². The van der Waals surface area contributed by atoms with E-state index in [1.807, 2.05) is 12.1 Å². The molecule has 2 rings (SSSR count). The van der Waals surface area contributed by atoms with Crippen LogP contribution in [0.4, 0.5) is 0 Å². The monoisotopic (exact) mass is 380 g/mol. The third-order valence-electron chi connectivity index (χ3n) is 3.82. The second-order valence-electron chi connectivity index (χ2n) is 5.97. The van der Waals surface area contributed by atoms with Crippen molar-refractivity contribution >= 4 is 24.6 Å². The number of amides is 1. The molecule has 1 atom stereocenters. The van der Waals surface area contributed by atoms with Gasteiger partial charge in [-0.25, -0.2) is 4.68 Å². The van der Waals surface area contributed by atoms with E-state index in [2.05, 4.69) is 20.8 Å². The maximum absolute atomic E-state index is 12.1. The smallest absolute Gasteiger partial charge is 0.427 e. The van der Waals surface area contributed by atoms with E-state index in [4.69, 9.17) is 27.4 Å². The van der Waals surface area contributed by atoms with Crippen LogP contribution in [0.25, 0.3) is 0 Å². The summed E-state index contributed by atoms with van der Waals surface area (Å²) in [5.74, 6) is 0.195. The van der Waals surface area contributed by atoms with E-state index in [0.29, 0.717) is 43.0 Å². The van der Waals surface area contributed by atoms with Gasteiger partial charge >= 0.3 is 7.12 Å². The standard InChI is InChI=1S/C15H22BClN6O3/c17-12-6-4-11(5-7-12)9-19-14(24)10-23-15(20-21-22-23)13(18)3-1-2-8-16(25)26/h4-7,13,25-26H,1-3,8-10,18H2,(H,19,24)/t13-/m1/s1. The van der Waals surface area contributed by atoms with Crippen molar-refractivity contribution in [1.82, 2.24) is 25.5 Å².